The number of amides is 1. The van der Waals surface area contributed by atoms with Gasteiger partial charge in [-0.1, -0.05) is 36.4 Å². The number of piperidine rings is 1. The Morgan fingerprint density at radius 2 is 1.81 bits per heavy atom. The fourth-order valence-electron chi connectivity index (χ4n) is 4.12. The number of carbonyl (C=O) groups is 2. The molecule has 4 rings (SSSR count). The first-order valence-corrected chi connectivity index (χ1v) is 9.14. The van der Waals surface area contributed by atoms with E-state index in [0.29, 0.717) is 12.3 Å². The third kappa shape index (κ3) is 3.28. The zero-order valence-corrected chi connectivity index (χ0v) is 15.0. The van der Waals surface area contributed by atoms with Crippen LogP contribution in [0.25, 0.3) is 0 Å². The molecule has 2 aromatic carbocycles. The van der Waals surface area contributed by atoms with Crippen LogP contribution in [-0.4, -0.2) is 41.6 Å². The first kappa shape index (κ1) is 17.5. The van der Waals surface area contributed by atoms with E-state index >= 15 is 0 Å². The summed E-state index contributed by atoms with van der Waals surface area (Å²) in [5, 5.41) is 11.9. The Bertz CT molecular complexity index is 872. The fraction of sp³-hybridized carbons (Fsp3) is 0.333. The number of aliphatic carboxylic acids is 1. The van der Waals surface area contributed by atoms with Gasteiger partial charge in [0.1, 0.15) is 5.75 Å². The molecule has 2 N–H and O–H groups in total. The van der Waals surface area contributed by atoms with Crippen molar-refractivity contribution >= 4 is 17.6 Å². The van der Waals surface area contributed by atoms with E-state index in [1.165, 1.54) is 0 Å². The van der Waals surface area contributed by atoms with E-state index in [-0.39, 0.29) is 12.5 Å². The Labute approximate surface area is 157 Å². The molecule has 0 radical (unpaired) electrons. The summed E-state index contributed by atoms with van der Waals surface area (Å²) in [7, 11) is 0. The lowest BCUT2D eigenvalue weighted by molar-refractivity contribution is -0.139. The van der Waals surface area contributed by atoms with Gasteiger partial charge in [0.25, 0.3) is 0 Å². The molecule has 6 heteroatoms. The average Bonchev–Trinajstić information content (AvgIpc) is 2.94. The smallest absolute Gasteiger partial charge is 0.341 e. The van der Waals surface area contributed by atoms with E-state index in [2.05, 4.69) is 16.3 Å². The summed E-state index contributed by atoms with van der Waals surface area (Å²) in [6.07, 6.45) is 1.54. The number of ether oxygens (including phenoxy) is 1. The molecule has 0 bridgehead atoms. The Hall–Kier alpha value is -2.86. The molecule has 1 spiro atoms. The summed E-state index contributed by atoms with van der Waals surface area (Å²) < 4.78 is 5.41. The van der Waals surface area contributed by atoms with Gasteiger partial charge < -0.3 is 15.2 Å². The number of fused-ring (bicyclic) bond motifs is 2. The van der Waals surface area contributed by atoms with Gasteiger partial charge in [-0.3, -0.25) is 9.69 Å². The van der Waals surface area contributed by atoms with Crippen molar-refractivity contribution in [3.63, 3.8) is 0 Å². The van der Waals surface area contributed by atoms with Crippen LogP contribution in [0.5, 0.6) is 5.75 Å². The fourth-order valence-corrected chi connectivity index (χ4v) is 4.12. The molecule has 0 atom stereocenters. The van der Waals surface area contributed by atoms with Gasteiger partial charge in [0, 0.05) is 17.8 Å². The van der Waals surface area contributed by atoms with Crippen LogP contribution >= 0.6 is 0 Å². The monoisotopic (exact) mass is 366 g/mol. The highest BCUT2D eigenvalue weighted by atomic mass is 16.5. The molecule has 0 saturated carbocycles. The molecular formula is C21H22N2O4. The standard InChI is InChI=1S/C21H22N2O4/c24-19(25)14-27-18-8-4-1-5-15(18)13-23-11-9-21(10-12-23)16-6-2-3-7-17(16)22-20(21)26/h1-8H,9-14H2,(H,22,26)(H,24,25). The van der Waals surface area contributed by atoms with Crippen molar-refractivity contribution in [2.45, 2.75) is 24.8 Å². The van der Waals surface area contributed by atoms with E-state index in [9.17, 15) is 9.59 Å². The number of nitrogens with zero attached hydrogens (tertiary/aromatic N) is 1. The molecule has 0 aromatic heterocycles. The van der Waals surface area contributed by atoms with E-state index < -0.39 is 11.4 Å². The Balaban J connectivity index is 1.45. The van der Waals surface area contributed by atoms with Gasteiger partial charge >= 0.3 is 5.97 Å². The third-order valence-corrected chi connectivity index (χ3v) is 5.55. The number of likely N-dealkylation sites (tertiary alicyclic amines) is 1. The van der Waals surface area contributed by atoms with E-state index in [1.54, 1.807) is 6.07 Å². The van der Waals surface area contributed by atoms with Gasteiger partial charge in [-0.15, -0.1) is 0 Å². The van der Waals surface area contributed by atoms with Crippen LogP contribution in [-0.2, 0) is 21.5 Å². The van der Waals surface area contributed by atoms with Crippen molar-refractivity contribution in [1.29, 1.82) is 0 Å². The van der Waals surface area contributed by atoms with Crippen molar-refractivity contribution in [2.24, 2.45) is 0 Å². The van der Waals surface area contributed by atoms with Crippen molar-refractivity contribution in [2.75, 3.05) is 25.0 Å². The molecule has 2 aliphatic heterocycles. The molecule has 1 fully saturated rings. The number of carbonyl (C=O) groups excluding carboxylic acids is 1. The predicted octanol–water partition coefficient (Wildman–Crippen LogP) is 2.64. The molecular weight excluding hydrogens is 344 g/mol. The van der Waals surface area contributed by atoms with Crippen LogP contribution in [0.1, 0.15) is 24.0 Å². The molecule has 2 heterocycles. The highest BCUT2D eigenvalue weighted by Gasteiger charge is 2.48. The number of hydrogen-bond acceptors (Lipinski definition) is 4. The quantitative estimate of drug-likeness (QED) is 0.850. The average molecular weight is 366 g/mol. The lowest BCUT2D eigenvalue weighted by Gasteiger charge is -2.38. The number of anilines is 1. The predicted molar refractivity (Wildman–Crippen MR) is 101 cm³/mol. The molecule has 2 aromatic rings. The van der Waals surface area contributed by atoms with Gasteiger partial charge in [0.05, 0.1) is 5.41 Å². The molecule has 0 unspecified atom stereocenters. The van der Waals surface area contributed by atoms with Crippen molar-refractivity contribution in [3.05, 3.63) is 59.7 Å². The summed E-state index contributed by atoms with van der Waals surface area (Å²) in [5.74, 6) is -0.284. The van der Waals surface area contributed by atoms with Gasteiger partial charge in [-0.2, -0.15) is 0 Å². The van der Waals surface area contributed by atoms with E-state index in [4.69, 9.17) is 9.84 Å². The number of hydrogen-bond donors (Lipinski definition) is 2. The second kappa shape index (κ2) is 7.04. The zero-order chi connectivity index (χ0) is 18.9. The topological polar surface area (TPSA) is 78.9 Å². The van der Waals surface area contributed by atoms with Crippen LogP contribution in [0.15, 0.2) is 48.5 Å². The lowest BCUT2D eigenvalue weighted by Crippen LogP contribution is -2.46. The summed E-state index contributed by atoms with van der Waals surface area (Å²) in [6, 6.07) is 15.5. The second-order valence-corrected chi connectivity index (χ2v) is 7.15. The maximum Gasteiger partial charge on any atom is 0.341 e. The highest BCUT2D eigenvalue weighted by Crippen LogP contribution is 2.45. The summed E-state index contributed by atoms with van der Waals surface area (Å²) in [5.41, 5.74) is 2.58. The second-order valence-electron chi connectivity index (χ2n) is 7.15. The van der Waals surface area contributed by atoms with E-state index in [0.717, 1.165) is 42.7 Å². The summed E-state index contributed by atoms with van der Waals surface area (Å²) in [4.78, 5) is 25.7. The Morgan fingerprint density at radius 3 is 2.59 bits per heavy atom. The third-order valence-electron chi connectivity index (χ3n) is 5.55. The maximum absolute atomic E-state index is 12.7. The number of nitrogens with one attached hydrogen (secondary N) is 1. The minimum absolute atomic E-state index is 0.105. The van der Waals surface area contributed by atoms with E-state index in [1.807, 2.05) is 36.4 Å². The van der Waals surface area contributed by atoms with Crippen LogP contribution in [0.3, 0.4) is 0 Å². The van der Waals surface area contributed by atoms with Gasteiger partial charge in [-0.25, -0.2) is 4.79 Å². The molecule has 27 heavy (non-hydrogen) atoms. The molecule has 6 nitrogen and oxygen atoms in total. The minimum atomic E-state index is -0.990. The molecule has 1 saturated heterocycles. The summed E-state index contributed by atoms with van der Waals surface area (Å²) >= 11 is 0. The molecule has 2 aliphatic rings. The first-order chi connectivity index (χ1) is 13.1. The molecule has 1 amide bonds. The highest BCUT2D eigenvalue weighted by molar-refractivity contribution is 6.06. The number of rotatable bonds is 5. The van der Waals surface area contributed by atoms with Crippen molar-refractivity contribution in [1.82, 2.24) is 4.90 Å². The van der Waals surface area contributed by atoms with Gasteiger partial charge in [0.15, 0.2) is 6.61 Å². The number of para-hydroxylation sites is 2. The Morgan fingerprint density at radius 1 is 1.11 bits per heavy atom. The van der Waals surface area contributed by atoms with Crippen LogP contribution in [0, 0.1) is 0 Å². The first-order valence-electron chi connectivity index (χ1n) is 9.14. The van der Waals surface area contributed by atoms with Crippen LogP contribution in [0.4, 0.5) is 5.69 Å². The largest absolute Gasteiger partial charge is 0.482 e. The number of carboxylic acid groups (broad SMARTS) is 1. The Kier molecular flexibility index (Phi) is 4.58. The van der Waals surface area contributed by atoms with Crippen molar-refractivity contribution < 1.29 is 19.4 Å². The molecule has 0 aliphatic carbocycles. The van der Waals surface area contributed by atoms with Crippen molar-refractivity contribution in [3.8, 4) is 5.75 Å². The normalized spacial score (nSPS) is 18.1. The molecule has 140 valence electrons. The lowest BCUT2D eigenvalue weighted by atomic mass is 9.73. The minimum Gasteiger partial charge on any atom is -0.482 e. The number of carboxylic acids is 1. The van der Waals surface area contributed by atoms with Crippen LogP contribution < -0.4 is 10.1 Å². The number of benzene rings is 2. The van der Waals surface area contributed by atoms with Gasteiger partial charge in [0.2, 0.25) is 5.91 Å². The van der Waals surface area contributed by atoms with Crippen LogP contribution in [0.2, 0.25) is 0 Å². The van der Waals surface area contributed by atoms with Gasteiger partial charge in [-0.05, 0) is 43.6 Å². The maximum atomic E-state index is 12.7. The SMILES string of the molecule is O=C(O)COc1ccccc1CN1CCC2(CC1)C(=O)Nc1ccccc12. The summed E-state index contributed by atoms with van der Waals surface area (Å²) in [6.45, 7) is 1.93. The zero-order valence-electron chi connectivity index (χ0n) is 15.0.